The van der Waals surface area contributed by atoms with Gasteiger partial charge >= 0.3 is 0 Å². The Hall–Kier alpha value is -1.06. The van der Waals surface area contributed by atoms with Crippen LogP contribution in [0.15, 0.2) is 24.3 Å². The number of ketones is 1. The molecular weight excluding hydrogens is 309 g/mol. The Bertz CT molecular complexity index is 559. The first-order chi connectivity index (χ1) is 9.91. The van der Waals surface area contributed by atoms with Crippen LogP contribution in [0.5, 0.6) is 0 Å². The standard InChI is InChI=1S/C16H19Cl2NO2/c1-11(17)15(21)19(2)16(10-6-5-9-14(16)20)12-7-3-4-8-13(12)18/h3-4,7-8,11H,5-6,9-10H2,1-2H3. The molecule has 1 aliphatic rings. The monoisotopic (exact) mass is 327 g/mol. The number of nitrogens with zero attached hydrogens (tertiary/aromatic N) is 1. The molecule has 1 saturated carbocycles. The molecule has 0 bridgehead atoms. The summed E-state index contributed by atoms with van der Waals surface area (Å²) in [4.78, 5) is 26.6. The molecule has 0 radical (unpaired) electrons. The number of likely N-dealkylation sites (N-methyl/N-ethyl adjacent to an activating group) is 1. The lowest BCUT2D eigenvalue weighted by molar-refractivity contribution is -0.147. The van der Waals surface area contributed by atoms with E-state index < -0.39 is 10.9 Å². The van der Waals surface area contributed by atoms with E-state index in [1.807, 2.05) is 18.2 Å². The van der Waals surface area contributed by atoms with Crippen molar-refractivity contribution in [2.45, 2.75) is 43.5 Å². The lowest BCUT2D eigenvalue weighted by Gasteiger charge is -2.44. The molecule has 5 heteroatoms. The second kappa shape index (κ2) is 6.37. The Balaban J connectivity index is 2.58. The van der Waals surface area contributed by atoms with Crippen LogP contribution in [0.3, 0.4) is 0 Å². The smallest absolute Gasteiger partial charge is 0.241 e. The SMILES string of the molecule is CC(Cl)C(=O)N(C)C1(c2ccccc2Cl)CCCCC1=O. The van der Waals surface area contributed by atoms with Gasteiger partial charge in [0, 0.05) is 24.1 Å². The van der Waals surface area contributed by atoms with Crippen LogP contribution in [0.4, 0.5) is 0 Å². The van der Waals surface area contributed by atoms with Crippen LogP contribution in [-0.4, -0.2) is 29.0 Å². The minimum absolute atomic E-state index is 0.0371. The summed E-state index contributed by atoms with van der Waals surface area (Å²) in [7, 11) is 1.65. The second-order valence-electron chi connectivity index (χ2n) is 5.48. The Labute approximate surface area is 135 Å². The summed E-state index contributed by atoms with van der Waals surface area (Å²) >= 11 is 12.3. The zero-order valence-electron chi connectivity index (χ0n) is 12.2. The Kier molecular flexibility index (Phi) is 4.95. The normalized spacial score (nSPS) is 23.7. The fourth-order valence-electron chi connectivity index (χ4n) is 3.08. The van der Waals surface area contributed by atoms with E-state index in [0.717, 1.165) is 12.8 Å². The first-order valence-corrected chi connectivity index (χ1v) is 7.92. The van der Waals surface area contributed by atoms with Crippen LogP contribution in [0, 0.1) is 0 Å². The second-order valence-corrected chi connectivity index (χ2v) is 6.55. The van der Waals surface area contributed by atoms with E-state index in [1.165, 1.54) is 4.90 Å². The third kappa shape index (κ3) is 2.82. The van der Waals surface area contributed by atoms with Gasteiger partial charge in [-0.15, -0.1) is 11.6 Å². The van der Waals surface area contributed by atoms with E-state index in [4.69, 9.17) is 23.2 Å². The number of amides is 1. The summed E-state index contributed by atoms with van der Waals surface area (Å²) in [5.74, 6) is -0.221. The lowest BCUT2D eigenvalue weighted by Crippen LogP contribution is -2.55. The molecular formula is C16H19Cl2NO2. The zero-order chi connectivity index (χ0) is 15.6. The molecule has 0 aliphatic heterocycles. The fourth-order valence-corrected chi connectivity index (χ4v) is 3.52. The predicted octanol–water partition coefficient (Wildman–Crippen LogP) is 3.76. The summed E-state index contributed by atoms with van der Waals surface area (Å²) in [6.07, 6.45) is 2.77. The van der Waals surface area contributed by atoms with Gasteiger partial charge in [-0.05, 0) is 32.3 Å². The Morgan fingerprint density at radius 2 is 2.00 bits per heavy atom. The van der Waals surface area contributed by atoms with Crippen LogP contribution in [-0.2, 0) is 15.1 Å². The molecule has 0 aromatic heterocycles. The van der Waals surface area contributed by atoms with E-state index in [1.54, 1.807) is 20.0 Å². The maximum absolute atomic E-state index is 12.7. The number of carbonyl (C=O) groups excluding carboxylic acids is 2. The molecule has 2 atom stereocenters. The van der Waals surface area contributed by atoms with E-state index in [0.29, 0.717) is 23.4 Å². The number of Topliss-reactive ketones (excluding diaryl/α,β-unsaturated/α-hetero) is 1. The van der Waals surface area contributed by atoms with Gasteiger partial charge in [-0.2, -0.15) is 0 Å². The van der Waals surface area contributed by atoms with Gasteiger partial charge in [0.1, 0.15) is 10.9 Å². The first kappa shape index (κ1) is 16.3. The lowest BCUT2D eigenvalue weighted by atomic mass is 9.74. The summed E-state index contributed by atoms with van der Waals surface area (Å²) < 4.78 is 0. The van der Waals surface area contributed by atoms with E-state index in [-0.39, 0.29) is 11.7 Å². The highest BCUT2D eigenvalue weighted by Crippen LogP contribution is 2.42. The molecule has 1 amide bonds. The van der Waals surface area contributed by atoms with Crippen LogP contribution < -0.4 is 0 Å². The van der Waals surface area contributed by atoms with Crippen molar-refractivity contribution in [2.75, 3.05) is 7.05 Å². The predicted molar refractivity (Wildman–Crippen MR) is 84.7 cm³/mol. The van der Waals surface area contributed by atoms with Crippen molar-refractivity contribution >= 4 is 34.9 Å². The Morgan fingerprint density at radius 3 is 2.57 bits per heavy atom. The fraction of sp³-hybridized carbons (Fsp3) is 0.500. The summed E-state index contributed by atoms with van der Waals surface area (Å²) in [5, 5.41) is -0.168. The topological polar surface area (TPSA) is 37.4 Å². The van der Waals surface area contributed by atoms with Gasteiger partial charge in [0.15, 0.2) is 5.78 Å². The van der Waals surface area contributed by atoms with Gasteiger partial charge in [-0.3, -0.25) is 9.59 Å². The molecule has 0 spiro atoms. The molecule has 0 saturated heterocycles. The number of hydrogen-bond donors (Lipinski definition) is 0. The van der Waals surface area contributed by atoms with Gasteiger partial charge in [-0.25, -0.2) is 0 Å². The molecule has 0 N–H and O–H groups in total. The molecule has 2 rings (SSSR count). The molecule has 21 heavy (non-hydrogen) atoms. The molecule has 1 aromatic rings. The number of rotatable bonds is 3. The first-order valence-electron chi connectivity index (χ1n) is 7.11. The van der Waals surface area contributed by atoms with Gasteiger partial charge in [0.05, 0.1) is 0 Å². The highest BCUT2D eigenvalue weighted by atomic mass is 35.5. The number of benzene rings is 1. The molecule has 1 aromatic carbocycles. The molecule has 3 nitrogen and oxygen atoms in total. The highest BCUT2D eigenvalue weighted by molar-refractivity contribution is 6.32. The van der Waals surface area contributed by atoms with E-state index in [9.17, 15) is 9.59 Å². The third-order valence-corrected chi connectivity index (χ3v) is 4.73. The maximum atomic E-state index is 12.7. The van der Waals surface area contributed by atoms with Crippen molar-refractivity contribution in [1.29, 1.82) is 0 Å². The maximum Gasteiger partial charge on any atom is 0.241 e. The van der Waals surface area contributed by atoms with E-state index >= 15 is 0 Å². The van der Waals surface area contributed by atoms with Gasteiger partial charge < -0.3 is 4.90 Å². The van der Waals surface area contributed by atoms with Gasteiger partial charge in [0.25, 0.3) is 0 Å². The summed E-state index contributed by atoms with van der Waals surface area (Å²) in [6.45, 7) is 1.62. The third-order valence-electron chi connectivity index (χ3n) is 4.22. The molecule has 0 heterocycles. The van der Waals surface area contributed by atoms with Crippen molar-refractivity contribution < 1.29 is 9.59 Å². The van der Waals surface area contributed by atoms with Crippen LogP contribution in [0.1, 0.15) is 38.2 Å². The van der Waals surface area contributed by atoms with Gasteiger partial charge in [0.2, 0.25) is 5.91 Å². The average molecular weight is 328 g/mol. The average Bonchev–Trinajstić information content (AvgIpc) is 2.47. The van der Waals surface area contributed by atoms with Crippen LogP contribution in [0.2, 0.25) is 5.02 Å². The van der Waals surface area contributed by atoms with Crippen LogP contribution in [0.25, 0.3) is 0 Å². The largest absolute Gasteiger partial charge is 0.328 e. The van der Waals surface area contributed by atoms with Crippen molar-refractivity contribution in [3.63, 3.8) is 0 Å². The Morgan fingerprint density at radius 1 is 1.33 bits per heavy atom. The van der Waals surface area contributed by atoms with Crippen molar-refractivity contribution in [3.8, 4) is 0 Å². The molecule has 1 fully saturated rings. The van der Waals surface area contributed by atoms with Crippen LogP contribution >= 0.6 is 23.2 Å². The van der Waals surface area contributed by atoms with Gasteiger partial charge in [-0.1, -0.05) is 29.8 Å². The minimum Gasteiger partial charge on any atom is -0.328 e. The number of carbonyl (C=O) groups is 2. The highest BCUT2D eigenvalue weighted by Gasteiger charge is 2.48. The minimum atomic E-state index is -0.989. The number of alkyl halides is 1. The number of hydrogen-bond acceptors (Lipinski definition) is 2. The zero-order valence-corrected chi connectivity index (χ0v) is 13.7. The summed E-state index contributed by atoms with van der Waals surface area (Å²) in [6, 6.07) is 7.24. The molecule has 114 valence electrons. The quantitative estimate of drug-likeness (QED) is 0.792. The number of halogens is 2. The van der Waals surface area contributed by atoms with Crippen molar-refractivity contribution in [3.05, 3.63) is 34.9 Å². The molecule has 2 unspecified atom stereocenters. The summed E-state index contributed by atoms with van der Waals surface area (Å²) in [5.41, 5.74) is -0.291. The molecule has 1 aliphatic carbocycles. The van der Waals surface area contributed by atoms with Crippen molar-refractivity contribution in [2.24, 2.45) is 0 Å². The van der Waals surface area contributed by atoms with E-state index in [2.05, 4.69) is 0 Å². The van der Waals surface area contributed by atoms with Crippen molar-refractivity contribution in [1.82, 2.24) is 4.90 Å².